The van der Waals surface area contributed by atoms with Crippen LogP contribution in [0.1, 0.15) is 39.5 Å². The molecular weight excluding hydrogens is 178 g/mol. The highest BCUT2D eigenvalue weighted by Gasteiger charge is 2.34. The largest absolute Gasteiger partial charge is 0.378 e. The molecule has 0 spiro atoms. The molecule has 3 nitrogen and oxygen atoms in total. The van der Waals surface area contributed by atoms with Crippen LogP contribution in [0.2, 0.25) is 0 Å². The van der Waals surface area contributed by atoms with Crippen LogP contribution in [-0.2, 0) is 9.47 Å². The van der Waals surface area contributed by atoms with Gasteiger partial charge in [0.2, 0.25) is 0 Å². The molecule has 14 heavy (non-hydrogen) atoms. The first kappa shape index (κ1) is 12.0. The molecular formula is C11H23NO2. The highest BCUT2D eigenvalue weighted by molar-refractivity contribution is 4.85. The summed E-state index contributed by atoms with van der Waals surface area (Å²) in [5, 5.41) is 0. The van der Waals surface area contributed by atoms with Gasteiger partial charge in [0.05, 0.1) is 12.7 Å². The number of ether oxygens (including phenoxy) is 2. The van der Waals surface area contributed by atoms with E-state index in [0.29, 0.717) is 19.3 Å². The van der Waals surface area contributed by atoms with Crippen LogP contribution in [0.5, 0.6) is 0 Å². The molecule has 1 aliphatic rings. The van der Waals surface area contributed by atoms with Crippen molar-refractivity contribution >= 4 is 0 Å². The molecule has 0 radical (unpaired) electrons. The molecule has 0 aromatic heterocycles. The molecule has 1 rings (SSSR count). The number of nitrogens with two attached hydrogens (primary N) is 1. The minimum atomic E-state index is -0.199. The van der Waals surface area contributed by atoms with Crippen LogP contribution in [0, 0.1) is 0 Å². The summed E-state index contributed by atoms with van der Waals surface area (Å²) in [6.07, 6.45) is 4.55. The van der Waals surface area contributed by atoms with Gasteiger partial charge in [0, 0.05) is 13.2 Å². The van der Waals surface area contributed by atoms with E-state index < -0.39 is 0 Å². The first-order valence-corrected chi connectivity index (χ1v) is 5.72. The molecule has 1 aliphatic heterocycles. The second-order valence-electron chi connectivity index (χ2n) is 4.10. The van der Waals surface area contributed by atoms with E-state index in [9.17, 15) is 0 Å². The summed E-state index contributed by atoms with van der Waals surface area (Å²) < 4.78 is 11.5. The lowest BCUT2D eigenvalue weighted by atomic mass is 9.96. The molecule has 0 bridgehead atoms. The molecule has 84 valence electrons. The summed E-state index contributed by atoms with van der Waals surface area (Å²) >= 11 is 0. The van der Waals surface area contributed by atoms with Gasteiger partial charge in [0.25, 0.3) is 0 Å². The number of hydrogen-bond donors (Lipinski definition) is 1. The monoisotopic (exact) mass is 201 g/mol. The van der Waals surface area contributed by atoms with Crippen LogP contribution in [0.3, 0.4) is 0 Å². The molecule has 3 heteroatoms. The lowest BCUT2D eigenvalue weighted by molar-refractivity contribution is -0.154. The molecule has 0 saturated carbocycles. The summed E-state index contributed by atoms with van der Waals surface area (Å²) in [6, 6.07) is 0. The second kappa shape index (κ2) is 5.69. The maximum atomic E-state index is 6.08. The van der Waals surface area contributed by atoms with Gasteiger partial charge in [0.15, 0.2) is 0 Å². The van der Waals surface area contributed by atoms with Crippen LogP contribution >= 0.6 is 0 Å². The zero-order valence-corrected chi connectivity index (χ0v) is 9.42. The van der Waals surface area contributed by atoms with Crippen molar-refractivity contribution in [3.63, 3.8) is 0 Å². The molecule has 0 aromatic carbocycles. The van der Waals surface area contributed by atoms with Crippen molar-refractivity contribution in [2.24, 2.45) is 5.73 Å². The van der Waals surface area contributed by atoms with Crippen molar-refractivity contribution in [1.29, 1.82) is 0 Å². The third kappa shape index (κ3) is 2.94. The molecule has 0 aromatic rings. The summed E-state index contributed by atoms with van der Waals surface area (Å²) in [6.45, 7) is 6.40. The average Bonchev–Trinajstić information content (AvgIpc) is 2.27. The average molecular weight is 201 g/mol. The Morgan fingerprint density at radius 3 is 2.57 bits per heavy atom. The van der Waals surface area contributed by atoms with Crippen molar-refractivity contribution in [2.45, 2.75) is 51.2 Å². The second-order valence-corrected chi connectivity index (χ2v) is 4.10. The molecule has 1 unspecified atom stereocenters. The maximum Gasteiger partial charge on any atom is 0.104 e. The third-order valence-corrected chi connectivity index (χ3v) is 2.99. The molecule has 1 atom stereocenters. The van der Waals surface area contributed by atoms with Gasteiger partial charge in [-0.25, -0.2) is 0 Å². The Morgan fingerprint density at radius 2 is 2.14 bits per heavy atom. The van der Waals surface area contributed by atoms with E-state index in [0.717, 1.165) is 32.3 Å². The van der Waals surface area contributed by atoms with E-state index in [4.69, 9.17) is 15.2 Å². The smallest absolute Gasteiger partial charge is 0.104 e. The van der Waals surface area contributed by atoms with Crippen LogP contribution in [0.15, 0.2) is 0 Å². The van der Waals surface area contributed by atoms with Gasteiger partial charge in [-0.15, -0.1) is 0 Å². The van der Waals surface area contributed by atoms with Crippen molar-refractivity contribution in [3.05, 3.63) is 0 Å². The van der Waals surface area contributed by atoms with Gasteiger partial charge < -0.3 is 15.2 Å². The van der Waals surface area contributed by atoms with Crippen molar-refractivity contribution in [3.8, 4) is 0 Å². The van der Waals surface area contributed by atoms with E-state index in [1.54, 1.807) is 0 Å². The predicted molar refractivity (Wildman–Crippen MR) is 57.3 cm³/mol. The molecule has 1 fully saturated rings. The first-order valence-electron chi connectivity index (χ1n) is 5.72. The van der Waals surface area contributed by atoms with E-state index in [2.05, 4.69) is 13.8 Å². The first-order chi connectivity index (χ1) is 6.76. The van der Waals surface area contributed by atoms with Crippen LogP contribution in [0.4, 0.5) is 0 Å². The topological polar surface area (TPSA) is 44.5 Å². The zero-order chi connectivity index (χ0) is 10.4. The molecule has 1 saturated heterocycles. The van der Waals surface area contributed by atoms with E-state index in [-0.39, 0.29) is 5.60 Å². The van der Waals surface area contributed by atoms with Gasteiger partial charge in [-0.2, -0.15) is 0 Å². The van der Waals surface area contributed by atoms with E-state index in [1.165, 1.54) is 0 Å². The van der Waals surface area contributed by atoms with Gasteiger partial charge in [0.1, 0.15) is 5.60 Å². The fourth-order valence-corrected chi connectivity index (χ4v) is 1.94. The minimum absolute atomic E-state index is 0.199. The lowest BCUT2D eigenvalue weighted by Crippen LogP contribution is -2.49. The maximum absolute atomic E-state index is 6.08. The van der Waals surface area contributed by atoms with Crippen LogP contribution < -0.4 is 5.73 Å². The van der Waals surface area contributed by atoms with Crippen molar-refractivity contribution < 1.29 is 9.47 Å². The van der Waals surface area contributed by atoms with Gasteiger partial charge in [-0.1, -0.05) is 13.8 Å². The zero-order valence-electron chi connectivity index (χ0n) is 9.42. The van der Waals surface area contributed by atoms with Crippen LogP contribution in [-0.4, -0.2) is 31.5 Å². The summed E-state index contributed by atoms with van der Waals surface area (Å²) in [5.74, 6) is 0. The van der Waals surface area contributed by atoms with Crippen LogP contribution in [0.25, 0.3) is 0 Å². The van der Waals surface area contributed by atoms with Gasteiger partial charge >= 0.3 is 0 Å². The van der Waals surface area contributed by atoms with E-state index in [1.807, 2.05) is 0 Å². The Morgan fingerprint density at radius 1 is 1.43 bits per heavy atom. The lowest BCUT2D eigenvalue weighted by Gasteiger charge is -2.38. The van der Waals surface area contributed by atoms with Crippen molar-refractivity contribution in [2.75, 3.05) is 19.8 Å². The normalized spacial score (nSPS) is 28.3. The molecule has 2 N–H and O–H groups in total. The number of rotatable bonds is 5. The Balaban J connectivity index is 2.50. The SMILES string of the molecule is CCC(CC)OC1(CN)CCCOC1. The van der Waals surface area contributed by atoms with E-state index >= 15 is 0 Å². The fraction of sp³-hybridized carbons (Fsp3) is 1.00. The highest BCUT2D eigenvalue weighted by Crippen LogP contribution is 2.25. The summed E-state index contributed by atoms with van der Waals surface area (Å²) in [7, 11) is 0. The Bertz CT molecular complexity index is 151. The predicted octanol–water partition coefficient (Wildman–Crippen LogP) is 1.70. The fourth-order valence-electron chi connectivity index (χ4n) is 1.94. The third-order valence-electron chi connectivity index (χ3n) is 2.99. The summed E-state index contributed by atoms with van der Waals surface area (Å²) in [4.78, 5) is 0. The summed E-state index contributed by atoms with van der Waals surface area (Å²) in [5.41, 5.74) is 5.59. The highest BCUT2D eigenvalue weighted by atomic mass is 16.6. The Labute approximate surface area is 86.9 Å². The van der Waals surface area contributed by atoms with Gasteiger partial charge in [-0.05, 0) is 25.7 Å². The molecule has 0 amide bonds. The Kier molecular flexibility index (Phi) is 4.85. The quantitative estimate of drug-likeness (QED) is 0.736. The standard InChI is InChI=1S/C11H23NO2/c1-3-10(4-2)14-11(8-12)6-5-7-13-9-11/h10H,3-9,12H2,1-2H3. The molecule has 0 aliphatic carbocycles. The molecule has 1 heterocycles. The minimum Gasteiger partial charge on any atom is -0.378 e. The Hall–Kier alpha value is -0.120. The number of hydrogen-bond acceptors (Lipinski definition) is 3. The van der Waals surface area contributed by atoms with Crippen molar-refractivity contribution in [1.82, 2.24) is 0 Å². The van der Waals surface area contributed by atoms with Gasteiger partial charge in [-0.3, -0.25) is 0 Å².